The van der Waals surface area contributed by atoms with E-state index in [2.05, 4.69) is 10.2 Å². The third kappa shape index (κ3) is 2.75. The van der Waals surface area contributed by atoms with Crippen molar-refractivity contribution in [3.63, 3.8) is 0 Å². The lowest BCUT2D eigenvalue weighted by Crippen LogP contribution is -2.04. The second-order valence-electron chi connectivity index (χ2n) is 4.54. The highest BCUT2D eigenvalue weighted by molar-refractivity contribution is 7.71. The number of hydrogen-bond acceptors (Lipinski definition) is 2. The molecule has 1 N–H and O–H groups in total. The monoisotopic (exact) mass is 303 g/mol. The molecule has 21 heavy (non-hydrogen) atoms. The normalized spacial score (nSPS) is 10.8. The Bertz CT molecular complexity index is 824. The first-order valence-corrected chi connectivity index (χ1v) is 6.70. The van der Waals surface area contributed by atoms with Crippen molar-refractivity contribution in [3.8, 4) is 11.4 Å². The minimum Gasteiger partial charge on any atom is -0.296 e. The van der Waals surface area contributed by atoms with E-state index in [0.717, 1.165) is 11.6 Å². The van der Waals surface area contributed by atoms with Crippen LogP contribution in [-0.4, -0.2) is 14.8 Å². The molecule has 106 valence electrons. The van der Waals surface area contributed by atoms with Gasteiger partial charge in [-0.3, -0.25) is 9.67 Å². The smallest absolute Gasteiger partial charge is 0.195 e. The number of H-pyrrole nitrogens is 1. The summed E-state index contributed by atoms with van der Waals surface area (Å²) in [5, 5.41) is 6.88. The average Bonchev–Trinajstić information content (AvgIpc) is 2.84. The van der Waals surface area contributed by atoms with Gasteiger partial charge in [0.2, 0.25) is 0 Å². The quantitative estimate of drug-likeness (QED) is 0.744. The Hall–Kier alpha value is -2.34. The molecule has 0 spiro atoms. The van der Waals surface area contributed by atoms with Crippen molar-refractivity contribution in [2.75, 3.05) is 0 Å². The van der Waals surface area contributed by atoms with Gasteiger partial charge in [-0.25, -0.2) is 8.78 Å². The van der Waals surface area contributed by atoms with Gasteiger partial charge in [0.15, 0.2) is 10.6 Å². The molecule has 3 aromatic rings. The zero-order valence-electron chi connectivity index (χ0n) is 10.9. The summed E-state index contributed by atoms with van der Waals surface area (Å²) in [6.07, 6.45) is 0. The van der Waals surface area contributed by atoms with Crippen LogP contribution in [0.2, 0.25) is 0 Å². The van der Waals surface area contributed by atoms with Gasteiger partial charge in [0.25, 0.3) is 0 Å². The molecule has 2 aromatic carbocycles. The summed E-state index contributed by atoms with van der Waals surface area (Å²) < 4.78 is 28.8. The summed E-state index contributed by atoms with van der Waals surface area (Å²) >= 11 is 5.19. The fraction of sp³-hybridized carbons (Fsp3) is 0.0667. The van der Waals surface area contributed by atoms with E-state index in [-0.39, 0.29) is 6.54 Å². The molecule has 6 heteroatoms. The van der Waals surface area contributed by atoms with Crippen molar-refractivity contribution in [2.45, 2.75) is 6.54 Å². The molecule has 0 radical (unpaired) electrons. The molecule has 0 aliphatic carbocycles. The van der Waals surface area contributed by atoms with Gasteiger partial charge in [0.05, 0.1) is 6.54 Å². The highest BCUT2D eigenvalue weighted by atomic mass is 32.1. The highest BCUT2D eigenvalue weighted by Crippen LogP contribution is 2.19. The molecule has 0 saturated heterocycles. The van der Waals surface area contributed by atoms with E-state index in [1.807, 2.05) is 30.3 Å². The van der Waals surface area contributed by atoms with Gasteiger partial charge in [-0.2, -0.15) is 5.10 Å². The van der Waals surface area contributed by atoms with Gasteiger partial charge >= 0.3 is 0 Å². The molecule has 0 fully saturated rings. The number of benzene rings is 2. The fourth-order valence-electron chi connectivity index (χ4n) is 2.09. The second-order valence-corrected chi connectivity index (χ2v) is 4.93. The van der Waals surface area contributed by atoms with Crippen molar-refractivity contribution >= 4 is 12.2 Å². The second kappa shape index (κ2) is 5.57. The van der Waals surface area contributed by atoms with Crippen molar-refractivity contribution in [3.05, 3.63) is 70.5 Å². The van der Waals surface area contributed by atoms with E-state index in [1.54, 1.807) is 4.57 Å². The van der Waals surface area contributed by atoms with Gasteiger partial charge < -0.3 is 0 Å². The molecule has 3 rings (SSSR count). The van der Waals surface area contributed by atoms with Crippen molar-refractivity contribution < 1.29 is 8.78 Å². The van der Waals surface area contributed by atoms with Gasteiger partial charge in [-0.15, -0.1) is 0 Å². The van der Waals surface area contributed by atoms with E-state index in [1.165, 1.54) is 12.1 Å². The number of nitrogens with zero attached hydrogens (tertiary/aromatic N) is 2. The SMILES string of the molecule is Fc1ccc(Cn2c(-c3ccccc3)n[nH]c2=S)c(F)c1. The molecule has 0 atom stereocenters. The highest BCUT2D eigenvalue weighted by Gasteiger charge is 2.11. The summed E-state index contributed by atoms with van der Waals surface area (Å²) in [5.74, 6) is -0.586. The lowest BCUT2D eigenvalue weighted by atomic mass is 10.2. The fourth-order valence-corrected chi connectivity index (χ4v) is 2.29. The third-order valence-corrected chi connectivity index (χ3v) is 3.45. The summed E-state index contributed by atoms with van der Waals surface area (Å²) in [6, 6.07) is 12.9. The minimum absolute atomic E-state index is 0.186. The van der Waals surface area contributed by atoms with Crippen LogP contribution in [0.25, 0.3) is 11.4 Å². The molecule has 0 unspecified atom stereocenters. The molecule has 0 aliphatic heterocycles. The summed E-state index contributed by atoms with van der Waals surface area (Å²) in [4.78, 5) is 0. The molecule has 1 aromatic heterocycles. The average molecular weight is 303 g/mol. The van der Waals surface area contributed by atoms with Crippen LogP contribution >= 0.6 is 12.2 Å². The molecular formula is C15H11F2N3S. The Morgan fingerprint density at radius 3 is 2.57 bits per heavy atom. The van der Waals surface area contributed by atoms with E-state index in [4.69, 9.17) is 12.2 Å². The van der Waals surface area contributed by atoms with Crippen molar-refractivity contribution in [2.24, 2.45) is 0 Å². The molecule has 0 amide bonds. The van der Waals surface area contributed by atoms with Gasteiger partial charge in [0, 0.05) is 17.2 Å². The van der Waals surface area contributed by atoms with Crippen LogP contribution in [0.3, 0.4) is 0 Å². The van der Waals surface area contributed by atoms with Crippen LogP contribution in [0.5, 0.6) is 0 Å². The topological polar surface area (TPSA) is 33.6 Å². The Labute approximate surface area is 124 Å². The van der Waals surface area contributed by atoms with Gasteiger partial charge in [-0.1, -0.05) is 36.4 Å². The predicted molar refractivity (Wildman–Crippen MR) is 78.3 cm³/mol. The summed E-state index contributed by atoms with van der Waals surface area (Å²) in [5.41, 5.74) is 1.22. The molecular weight excluding hydrogens is 292 g/mol. The molecule has 0 saturated carbocycles. The zero-order chi connectivity index (χ0) is 14.8. The third-order valence-electron chi connectivity index (χ3n) is 3.13. The minimum atomic E-state index is -0.602. The van der Waals surface area contributed by atoms with Crippen LogP contribution in [0.4, 0.5) is 8.78 Å². The zero-order valence-corrected chi connectivity index (χ0v) is 11.7. The van der Waals surface area contributed by atoms with Gasteiger partial charge in [-0.05, 0) is 18.3 Å². The largest absolute Gasteiger partial charge is 0.296 e. The van der Waals surface area contributed by atoms with Gasteiger partial charge in [0.1, 0.15) is 11.6 Å². The Balaban J connectivity index is 2.03. The number of halogens is 2. The van der Waals surface area contributed by atoms with Crippen LogP contribution in [0, 0.1) is 16.4 Å². The molecule has 0 aliphatic rings. The van der Waals surface area contributed by atoms with E-state index < -0.39 is 11.6 Å². The number of aromatic nitrogens is 3. The molecule has 1 heterocycles. The molecule has 0 bridgehead atoms. The lowest BCUT2D eigenvalue weighted by molar-refractivity contribution is 0.566. The van der Waals surface area contributed by atoms with Crippen LogP contribution in [0.1, 0.15) is 5.56 Å². The van der Waals surface area contributed by atoms with E-state index in [9.17, 15) is 8.78 Å². The first-order valence-electron chi connectivity index (χ1n) is 6.30. The first-order chi connectivity index (χ1) is 10.1. The number of hydrogen-bond donors (Lipinski definition) is 1. The lowest BCUT2D eigenvalue weighted by Gasteiger charge is -2.08. The van der Waals surface area contributed by atoms with Crippen LogP contribution < -0.4 is 0 Å². The van der Waals surface area contributed by atoms with Crippen molar-refractivity contribution in [1.29, 1.82) is 0 Å². The Morgan fingerprint density at radius 1 is 1.10 bits per heavy atom. The maximum atomic E-state index is 13.8. The Kier molecular flexibility index (Phi) is 3.62. The summed E-state index contributed by atoms with van der Waals surface area (Å²) in [7, 11) is 0. The standard InChI is InChI=1S/C15H11F2N3S/c16-12-7-6-11(13(17)8-12)9-20-14(18-19-15(20)21)10-4-2-1-3-5-10/h1-8H,9H2,(H,19,21). The van der Waals surface area contributed by atoms with E-state index >= 15 is 0 Å². The predicted octanol–water partition coefficient (Wildman–Crippen LogP) is 3.93. The molecule has 3 nitrogen and oxygen atoms in total. The maximum Gasteiger partial charge on any atom is 0.195 e. The van der Waals surface area contributed by atoms with Crippen LogP contribution in [-0.2, 0) is 6.54 Å². The van der Waals surface area contributed by atoms with E-state index in [0.29, 0.717) is 16.2 Å². The number of rotatable bonds is 3. The van der Waals surface area contributed by atoms with Crippen LogP contribution in [0.15, 0.2) is 48.5 Å². The number of nitrogens with one attached hydrogen (secondary N) is 1. The Morgan fingerprint density at radius 2 is 1.86 bits per heavy atom. The summed E-state index contributed by atoms with van der Waals surface area (Å²) in [6.45, 7) is 0.186. The van der Waals surface area contributed by atoms with Crippen molar-refractivity contribution in [1.82, 2.24) is 14.8 Å². The number of aromatic amines is 1. The maximum absolute atomic E-state index is 13.8. The first kappa shape index (κ1) is 13.6.